The second kappa shape index (κ2) is 6.13. The van der Waals surface area contributed by atoms with Crippen LogP contribution >= 0.6 is 23.0 Å². The van der Waals surface area contributed by atoms with E-state index in [1.807, 2.05) is 0 Å². The molecule has 0 amide bonds. The Morgan fingerprint density at radius 1 is 1.29 bits per heavy atom. The number of rotatable bonds is 4. The third kappa shape index (κ3) is 2.99. The van der Waals surface area contributed by atoms with Crippen molar-refractivity contribution in [2.45, 2.75) is 6.92 Å². The van der Waals surface area contributed by atoms with E-state index in [9.17, 15) is 14.7 Å². The fourth-order valence-electron chi connectivity index (χ4n) is 1.87. The van der Waals surface area contributed by atoms with Crippen LogP contribution in [0.4, 0.5) is 0 Å². The molecule has 0 saturated carbocycles. The van der Waals surface area contributed by atoms with Gasteiger partial charge in [0.2, 0.25) is 11.6 Å². The minimum absolute atomic E-state index is 0.0374. The summed E-state index contributed by atoms with van der Waals surface area (Å²) >= 11 is 1.61. The highest BCUT2D eigenvalue weighted by molar-refractivity contribution is 14.1. The molecule has 5 nitrogen and oxygen atoms in total. The van der Waals surface area contributed by atoms with E-state index in [1.165, 1.54) is 18.2 Å². The number of hydrogen-bond donors (Lipinski definition) is 1. The third-order valence-electron chi connectivity index (χ3n) is 2.81. The number of phenolic OH excluding ortho intramolecular Hbond substituents is 1. The van der Waals surface area contributed by atoms with Crippen molar-refractivity contribution in [2.75, 3.05) is 0 Å². The number of ether oxygens (including phenoxy) is 1. The molecule has 0 aliphatic carbocycles. The Bertz CT molecular complexity index is 700. The minimum atomic E-state index is -0.855. The van der Waals surface area contributed by atoms with Crippen molar-refractivity contribution in [3.8, 4) is 5.75 Å². The Labute approximate surface area is 135 Å². The number of carbonyl (C=O) groups is 2. The molecule has 0 radical (unpaired) electrons. The second-order valence-electron chi connectivity index (χ2n) is 4.27. The average Bonchev–Trinajstić information content (AvgIpc) is 2.45. The van der Waals surface area contributed by atoms with Gasteiger partial charge in [-0.25, -0.2) is 0 Å². The number of Topliss-reactive ketones (excluding diaryl/α,β-unsaturated/α-hetero) is 2. The number of carbonyl (C=O) groups excluding carboxylic acids is 2. The Morgan fingerprint density at radius 3 is 2.57 bits per heavy atom. The van der Waals surface area contributed by atoms with Gasteiger partial charge < -0.3 is 12.9 Å². The maximum absolute atomic E-state index is 12.4. The number of halogens is 1. The summed E-state index contributed by atoms with van der Waals surface area (Å²) < 4.78 is 10.3. The van der Waals surface area contributed by atoms with E-state index in [1.54, 1.807) is 42.1 Å². The van der Waals surface area contributed by atoms with Crippen molar-refractivity contribution in [1.82, 2.24) is 0 Å². The number of hydrogen-bond acceptors (Lipinski definition) is 5. The molecular weight excluding hydrogens is 387 g/mol. The lowest BCUT2D eigenvalue weighted by molar-refractivity contribution is -0.112. The van der Waals surface area contributed by atoms with Crippen LogP contribution in [0.15, 0.2) is 59.8 Å². The van der Waals surface area contributed by atoms with E-state index in [0.29, 0.717) is 5.76 Å². The standard InChI is InChI=1S/C15H11IO5/c1-8-7-12(21-16)13(9(2)20-8)15(19)14(18)10-5-3-4-6-11(10)17/h3-7,17H,2H2,1H3. The first-order valence-electron chi connectivity index (χ1n) is 5.91. The minimum Gasteiger partial charge on any atom is -0.507 e. The molecule has 1 N–H and O–H groups in total. The lowest BCUT2D eigenvalue weighted by Crippen LogP contribution is -2.21. The summed E-state index contributed by atoms with van der Waals surface area (Å²) in [4.78, 5) is 24.6. The highest BCUT2D eigenvalue weighted by Crippen LogP contribution is 2.29. The second-order valence-corrected chi connectivity index (χ2v) is 4.71. The largest absolute Gasteiger partial charge is 0.507 e. The Balaban J connectivity index is 2.46. The van der Waals surface area contributed by atoms with Gasteiger partial charge in [0.15, 0.2) is 28.8 Å². The lowest BCUT2D eigenvalue weighted by atomic mass is 9.98. The molecule has 108 valence electrons. The number of allylic oxidation sites excluding steroid dienone is 3. The highest BCUT2D eigenvalue weighted by atomic mass is 127. The van der Waals surface area contributed by atoms with Crippen molar-refractivity contribution in [1.29, 1.82) is 0 Å². The zero-order valence-corrected chi connectivity index (χ0v) is 13.2. The number of phenols is 1. The fourth-order valence-corrected chi connectivity index (χ4v) is 2.22. The van der Waals surface area contributed by atoms with Crippen LogP contribution in [0.2, 0.25) is 0 Å². The zero-order valence-electron chi connectivity index (χ0n) is 11.1. The van der Waals surface area contributed by atoms with Gasteiger partial charge in [-0.3, -0.25) is 9.59 Å². The molecule has 0 atom stereocenters. The molecule has 0 saturated heterocycles. The monoisotopic (exact) mass is 398 g/mol. The summed E-state index contributed by atoms with van der Waals surface area (Å²) in [6.07, 6.45) is 1.49. The van der Waals surface area contributed by atoms with Crippen molar-refractivity contribution in [2.24, 2.45) is 0 Å². The number of ketones is 2. The number of para-hydroxylation sites is 1. The van der Waals surface area contributed by atoms with Gasteiger partial charge in [0.25, 0.3) is 0 Å². The van der Waals surface area contributed by atoms with Crippen LogP contribution < -0.4 is 0 Å². The first-order valence-corrected chi connectivity index (χ1v) is 6.79. The predicted molar refractivity (Wildman–Crippen MR) is 83.6 cm³/mol. The Morgan fingerprint density at radius 2 is 1.95 bits per heavy atom. The lowest BCUT2D eigenvalue weighted by Gasteiger charge is -2.18. The summed E-state index contributed by atoms with van der Waals surface area (Å²) in [5, 5.41) is 9.67. The third-order valence-corrected chi connectivity index (χ3v) is 3.28. The van der Waals surface area contributed by atoms with E-state index in [-0.39, 0.29) is 28.4 Å². The summed E-state index contributed by atoms with van der Waals surface area (Å²) in [6, 6.07) is 5.82. The average molecular weight is 398 g/mol. The molecule has 1 aromatic carbocycles. The van der Waals surface area contributed by atoms with E-state index in [2.05, 4.69) is 6.58 Å². The van der Waals surface area contributed by atoms with Crippen LogP contribution in [0, 0.1) is 0 Å². The van der Waals surface area contributed by atoms with Gasteiger partial charge in [-0.05, 0) is 19.1 Å². The van der Waals surface area contributed by atoms with Gasteiger partial charge in [-0.2, -0.15) is 0 Å². The molecule has 0 unspecified atom stereocenters. The molecule has 0 fully saturated rings. The van der Waals surface area contributed by atoms with E-state index < -0.39 is 11.6 Å². The molecule has 1 aliphatic rings. The molecule has 6 heteroatoms. The fraction of sp³-hybridized carbons (Fsp3) is 0.0667. The molecule has 0 spiro atoms. The van der Waals surface area contributed by atoms with Gasteiger partial charge in [0.1, 0.15) is 22.8 Å². The van der Waals surface area contributed by atoms with Crippen LogP contribution in [-0.2, 0) is 12.6 Å². The molecule has 21 heavy (non-hydrogen) atoms. The summed E-state index contributed by atoms with van der Waals surface area (Å²) in [5.74, 6) is -1.24. The Kier molecular flexibility index (Phi) is 4.46. The smallest absolute Gasteiger partial charge is 0.241 e. The predicted octanol–water partition coefficient (Wildman–Crippen LogP) is 3.21. The molecule has 1 heterocycles. The maximum Gasteiger partial charge on any atom is 0.241 e. The van der Waals surface area contributed by atoms with Gasteiger partial charge >= 0.3 is 0 Å². The van der Waals surface area contributed by atoms with Gasteiger partial charge in [0.05, 0.1) is 5.56 Å². The van der Waals surface area contributed by atoms with Crippen LogP contribution in [-0.4, -0.2) is 16.7 Å². The van der Waals surface area contributed by atoms with Gasteiger partial charge in [-0.1, -0.05) is 18.7 Å². The van der Waals surface area contributed by atoms with Crippen molar-refractivity contribution in [3.05, 3.63) is 65.3 Å². The molecule has 1 aromatic rings. The van der Waals surface area contributed by atoms with E-state index >= 15 is 0 Å². The first kappa shape index (κ1) is 15.3. The molecule has 1 aliphatic heterocycles. The molecular formula is C15H11IO5. The van der Waals surface area contributed by atoms with Crippen LogP contribution in [0.5, 0.6) is 5.75 Å². The summed E-state index contributed by atoms with van der Waals surface area (Å²) in [5.41, 5.74) is -0.134. The van der Waals surface area contributed by atoms with Crippen molar-refractivity contribution < 1.29 is 22.5 Å². The highest BCUT2D eigenvalue weighted by Gasteiger charge is 2.31. The summed E-state index contributed by atoms with van der Waals surface area (Å²) in [7, 11) is 0. The SMILES string of the molecule is C=C1OC(C)=CC(OI)=C1C(=O)C(=O)c1ccccc1O. The Hall–Kier alpha value is -2.09. The van der Waals surface area contributed by atoms with E-state index in [4.69, 9.17) is 7.80 Å². The normalized spacial score (nSPS) is 14.4. The quantitative estimate of drug-likeness (QED) is 0.479. The van der Waals surface area contributed by atoms with Crippen molar-refractivity contribution >= 4 is 34.6 Å². The van der Waals surface area contributed by atoms with Crippen LogP contribution in [0.3, 0.4) is 0 Å². The van der Waals surface area contributed by atoms with Gasteiger partial charge in [0, 0.05) is 6.08 Å². The van der Waals surface area contributed by atoms with E-state index in [0.717, 1.165) is 0 Å². The molecule has 0 bridgehead atoms. The van der Waals surface area contributed by atoms with Crippen LogP contribution in [0.25, 0.3) is 0 Å². The zero-order chi connectivity index (χ0) is 15.6. The summed E-state index contributed by atoms with van der Waals surface area (Å²) in [6.45, 7) is 5.30. The number of benzene rings is 1. The molecule has 2 rings (SSSR count). The topological polar surface area (TPSA) is 72.8 Å². The van der Waals surface area contributed by atoms with Crippen molar-refractivity contribution in [3.63, 3.8) is 0 Å². The maximum atomic E-state index is 12.4. The first-order chi connectivity index (χ1) is 9.95. The molecule has 0 aromatic heterocycles. The number of aromatic hydroxyl groups is 1. The van der Waals surface area contributed by atoms with Gasteiger partial charge in [-0.15, -0.1) is 0 Å². The van der Waals surface area contributed by atoms with Crippen LogP contribution in [0.1, 0.15) is 17.3 Å².